The number of alkyl halides is 2. The summed E-state index contributed by atoms with van der Waals surface area (Å²) < 4.78 is 69.3. The first-order chi connectivity index (χ1) is 23.0. The van der Waals surface area contributed by atoms with E-state index in [0.29, 0.717) is 37.6 Å². The van der Waals surface area contributed by atoms with Crippen LogP contribution in [0.2, 0.25) is 0 Å². The van der Waals surface area contributed by atoms with Gasteiger partial charge in [-0.25, -0.2) is 23.4 Å². The molecule has 4 aromatic rings. The molecule has 0 saturated heterocycles. The summed E-state index contributed by atoms with van der Waals surface area (Å²) in [6.45, 7) is 9.91. The van der Waals surface area contributed by atoms with Crippen molar-refractivity contribution in [3.63, 3.8) is 0 Å². The molecule has 11 nitrogen and oxygen atoms in total. The lowest BCUT2D eigenvalue weighted by atomic mass is 9.92. The van der Waals surface area contributed by atoms with E-state index in [1.807, 2.05) is 20.8 Å². The Labute approximate surface area is 285 Å². The highest BCUT2D eigenvalue weighted by molar-refractivity contribution is 7.92. The number of hydrogen-bond acceptors (Lipinski definition) is 8. The molecule has 1 aromatic carbocycles. The Hall–Kier alpha value is -4.59. The first kappa shape index (κ1) is 35.7. The van der Waals surface area contributed by atoms with Crippen LogP contribution in [-0.2, 0) is 20.7 Å². The first-order valence-corrected chi connectivity index (χ1v) is 17.6. The number of carboxylic acids is 1. The van der Waals surface area contributed by atoms with Crippen molar-refractivity contribution in [2.24, 2.45) is 10.8 Å². The molecule has 49 heavy (non-hydrogen) atoms. The number of nitrogens with zero attached hydrogens (tertiary/aromatic N) is 5. The number of rotatable bonds is 6. The summed E-state index contributed by atoms with van der Waals surface area (Å²) in [7, 11) is -4.33. The first-order valence-electron chi connectivity index (χ1n) is 16.1. The summed E-state index contributed by atoms with van der Waals surface area (Å²) in [5.41, 5.74) is -1.01. The molecule has 1 aliphatic rings. The van der Waals surface area contributed by atoms with E-state index >= 15 is 8.78 Å². The lowest BCUT2D eigenvalue weighted by Gasteiger charge is -2.31. The number of carboxylic acid groups (broad SMARTS) is 1. The Bertz CT molecular complexity index is 1920. The van der Waals surface area contributed by atoms with E-state index in [1.165, 1.54) is 41.1 Å². The van der Waals surface area contributed by atoms with Gasteiger partial charge in [0.05, 0.1) is 23.4 Å². The third kappa shape index (κ3) is 8.53. The van der Waals surface area contributed by atoms with Crippen molar-refractivity contribution in [2.75, 3.05) is 29.3 Å². The molecule has 0 saturated carbocycles. The fourth-order valence-corrected chi connectivity index (χ4v) is 6.37. The van der Waals surface area contributed by atoms with Crippen LogP contribution in [0.1, 0.15) is 65.9 Å². The van der Waals surface area contributed by atoms with Crippen LogP contribution in [0.3, 0.4) is 0 Å². The molecular weight excluding hydrogens is 654 g/mol. The third-order valence-electron chi connectivity index (χ3n) is 8.05. The number of nitrogens with one attached hydrogen (secondary N) is 1. The zero-order chi connectivity index (χ0) is 35.6. The Balaban J connectivity index is 1.62. The fourth-order valence-electron chi connectivity index (χ4n) is 5.41. The monoisotopic (exact) mass is 696 g/mol. The van der Waals surface area contributed by atoms with E-state index in [4.69, 9.17) is 4.74 Å². The summed E-state index contributed by atoms with van der Waals surface area (Å²) in [5.74, 6) is -3.81. The van der Waals surface area contributed by atoms with Crippen molar-refractivity contribution in [3.05, 3.63) is 72.4 Å². The predicted octanol–water partition coefficient (Wildman–Crippen LogP) is 7.14. The van der Waals surface area contributed by atoms with Crippen molar-refractivity contribution in [1.29, 1.82) is 0 Å². The average Bonchev–Trinajstić information content (AvgIpc) is 3.51. The highest BCUT2D eigenvalue weighted by atomic mass is 32.2. The maximum atomic E-state index is 16.1. The molecule has 2 N–H and O–H groups in total. The van der Waals surface area contributed by atoms with Gasteiger partial charge in [-0.1, -0.05) is 57.5 Å². The van der Waals surface area contributed by atoms with Crippen molar-refractivity contribution >= 4 is 27.6 Å². The van der Waals surface area contributed by atoms with Crippen LogP contribution in [-0.4, -0.2) is 58.9 Å². The molecule has 0 atom stereocenters. The number of halogens is 2. The number of aliphatic carboxylic acids is 1. The van der Waals surface area contributed by atoms with Crippen molar-refractivity contribution < 1.29 is 31.8 Å². The van der Waals surface area contributed by atoms with Gasteiger partial charge in [0.2, 0.25) is 5.88 Å². The SMILES string of the molecule is CC(C)(C)COc1ccn(-c2ccc3nc2-c2ccccc2C(F)(F)CCCCCN(CC(C)(C)C(=O)O)c2cccc(n2)S(=O)(=O)N3)n1. The second-order valence-corrected chi connectivity index (χ2v) is 15.8. The van der Waals surface area contributed by atoms with Gasteiger partial charge >= 0.3 is 5.97 Å². The molecular formula is C35H42F2N6O5S. The molecule has 0 aliphatic carbocycles. The maximum Gasteiger partial charge on any atom is 0.310 e. The highest BCUT2D eigenvalue weighted by Gasteiger charge is 2.35. The predicted molar refractivity (Wildman–Crippen MR) is 183 cm³/mol. The van der Waals surface area contributed by atoms with E-state index < -0.39 is 33.8 Å². The smallest absolute Gasteiger partial charge is 0.310 e. The quantitative estimate of drug-likeness (QED) is 0.215. The van der Waals surface area contributed by atoms with Crippen LogP contribution < -0.4 is 14.4 Å². The normalized spacial score (nSPS) is 16.6. The van der Waals surface area contributed by atoms with Crippen LogP contribution in [0, 0.1) is 10.8 Å². The molecule has 0 fully saturated rings. The highest BCUT2D eigenvalue weighted by Crippen LogP contribution is 2.41. The van der Waals surface area contributed by atoms with Crippen LogP contribution in [0.5, 0.6) is 5.88 Å². The zero-order valence-electron chi connectivity index (χ0n) is 28.3. The molecule has 3 aromatic heterocycles. The lowest BCUT2D eigenvalue weighted by molar-refractivity contribution is -0.146. The molecule has 4 heterocycles. The second-order valence-electron chi connectivity index (χ2n) is 14.1. The van der Waals surface area contributed by atoms with Crippen molar-refractivity contribution in [2.45, 2.75) is 71.3 Å². The van der Waals surface area contributed by atoms with E-state index in [0.717, 1.165) is 0 Å². The number of sulfonamides is 1. The van der Waals surface area contributed by atoms with Gasteiger partial charge in [0.1, 0.15) is 11.6 Å². The Morgan fingerprint density at radius 2 is 1.73 bits per heavy atom. The van der Waals surface area contributed by atoms with Crippen LogP contribution in [0.25, 0.3) is 16.9 Å². The topological polar surface area (TPSA) is 140 Å². The number of hydrogen-bond donors (Lipinski definition) is 2. The summed E-state index contributed by atoms with van der Waals surface area (Å²) in [5, 5.41) is 14.0. The lowest BCUT2D eigenvalue weighted by Crippen LogP contribution is -2.40. The molecule has 5 rings (SSSR count). The number of anilines is 2. The van der Waals surface area contributed by atoms with Gasteiger partial charge in [-0.15, -0.1) is 5.10 Å². The van der Waals surface area contributed by atoms with Gasteiger partial charge in [-0.2, -0.15) is 8.42 Å². The Kier molecular flexibility index (Phi) is 10.0. The van der Waals surface area contributed by atoms with Gasteiger partial charge in [0.25, 0.3) is 15.9 Å². The average molecular weight is 697 g/mol. The third-order valence-corrected chi connectivity index (χ3v) is 9.30. The number of carbonyl (C=O) groups is 1. The number of benzene rings is 1. The standard InChI is InChI=1S/C35H42F2N6O5S/c1-33(2,3)23-48-29-18-21-43(40-29)26-16-17-27-38-31(26)24-12-7-8-13-25(24)35(36,37)19-9-6-10-20-42(22-34(4,5)32(44)45)28-14-11-15-30(39-28)49(46,47)41-27/h7-8,11-18,21H,6,9-10,19-20,22-23H2,1-5H3,(H,38,41)(H,44,45). The molecule has 0 amide bonds. The number of ether oxygens (including phenoxy) is 1. The van der Waals surface area contributed by atoms with Crippen LogP contribution in [0.15, 0.2) is 71.9 Å². The molecule has 1 aliphatic heterocycles. The molecule has 0 spiro atoms. The van der Waals surface area contributed by atoms with Gasteiger partial charge < -0.3 is 14.7 Å². The van der Waals surface area contributed by atoms with Gasteiger partial charge in [0.15, 0.2) is 5.03 Å². The summed E-state index contributed by atoms with van der Waals surface area (Å²) in [4.78, 5) is 22.7. The minimum Gasteiger partial charge on any atom is -0.481 e. The van der Waals surface area contributed by atoms with Crippen LogP contribution in [0.4, 0.5) is 20.4 Å². The molecule has 0 unspecified atom stereocenters. The maximum absolute atomic E-state index is 16.1. The molecule has 0 radical (unpaired) electrons. The van der Waals surface area contributed by atoms with E-state index in [9.17, 15) is 18.3 Å². The minimum atomic E-state index is -4.33. The van der Waals surface area contributed by atoms with E-state index in [2.05, 4.69) is 19.8 Å². The zero-order valence-corrected chi connectivity index (χ0v) is 29.1. The second kappa shape index (κ2) is 13.7. The van der Waals surface area contributed by atoms with Crippen molar-refractivity contribution in [3.8, 4) is 22.8 Å². The summed E-state index contributed by atoms with van der Waals surface area (Å²) >= 11 is 0. The molecule has 4 bridgehead atoms. The van der Waals surface area contributed by atoms with Gasteiger partial charge in [-0.3, -0.25) is 9.52 Å². The van der Waals surface area contributed by atoms with Crippen LogP contribution >= 0.6 is 0 Å². The van der Waals surface area contributed by atoms with E-state index in [-0.39, 0.29) is 51.9 Å². The van der Waals surface area contributed by atoms with E-state index in [1.54, 1.807) is 49.2 Å². The Morgan fingerprint density at radius 3 is 2.47 bits per heavy atom. The van der Waals surface area contributed by atoms with Gasteiger partial charge in [-0.05, 0) is 56.4 Å². The minimum absolute atomic E-state index is 0.0264. The molecule has 14 heteroatoms. The largest absolute Gasteiger partial charge is 0.481 e. The summed E-state index contributed by atoms with van der Waals surface area (Å²) in [6.07, 6.45) is 2.26. The van der Waals surface area contributed by atoms with Gasteiger partial charge in [0, 0.05) is 42.9 Å². The molecule has 262 valence electrons. The number of aromatic nitrogens is 4. The fraction of sp³-hybridized carbons (Fsp3) is 0.429. The summed E-state index contributed by atoms with van der Waals surface area (Å²) in [6, 6.07) is 15.2. The number of fused-ring (bicyclic) bond motifs is 6. The Morgan fingerprint density at radius 1 is 0.980 bits per heavy atom. The number of pyridine rings is 2. The van der Waals surface area contributed by atoms with Crippen molar-refractivity contribution in [1.82, 2.24) is 19.7 Å².